The molecule has 70 heavy (non-hydrogen) atoms. The lowest BCUT2D eigenvalue weighted by atomic mass is 9.89. The highest BCUT2D eigenvalue weighted by molar-refractivity contribution is 8.07. The molecule has 6 rings (SSSR count). The summed E-state index contributed by atoms with van der Waals surface area (Å²) in [6.45, 7) is 3.85. The van der Waals surface area contributed by atoms with Crippen LogP contribution < -0.4 is 44.2 Å². The first-order valence-corrected chi connectivity index (χ1v) is 23.8. The molecule has 20 heteroatoms. The Kier molecular flexibility index (Phi) is 18.8. The van der Waals surface area contributed by atoms with Gasteiger partial charge in [0, 0.05) is 34.0 Å². The SMILES string of the molecule is C[C@](N)(CCCN)C(=O)N1C(SC2=C(C(=O)[C@@H](N)Cc3ccc(Cl)cc3)Cc3ccccc3N2C(=O)[C@@](C)(N)CCCN)=C(C(=O)[C@@H](N)Cc2ccc(Cl)cc2)Cc2ccccc21.O=C(O)C(F)(F)F. The molecule has 0 unspecified atom stereocenters. The topological polar surface area (TPSA) is 268 Å². The number of halogens is 5. The zero-order valence-corrected chi connectivity index (χ0v) is 40.9. The van der Waals surface area contributed by atoms with Gasteiger partial charge < -0.3 is 39.5 Å². The first kappa shape index (κ1) is 55.5. The van der Waals surface area contributed by atoms with Gasteiger partial charge in [-0.15, -0.1) is 0 Å². The molecule has 4 aromatic carbocycles. The molecule has 0 fully saturated rings. The Hall–Kier alpha value is -5.41. The van der Waals surface area contributed by atoms with Crippen LogP contribution in [0.5, 0.6) is 0 Å². The van der Waals surface area contributed by atoms with Crippen LogP contribution in [0.2, 0.25) is 10.0 Å². The van der Waals surface area contributed by atoms with Gasteiger partial charge in [-0.3, -0.25) is 29.0 Å². The number of carboxylic acids is 1. The third-order valence-corrected chi connectivity index (χ3v) is 13.5. The van der Waals surface area contributed by atoms with Gasteiger partial charge in [0.25, 0.3) is 11.8 Å². The van der Waals surface area contributed by atoms with E-state index in [1.807, 2.05) is 24.3 Å². The van der Waals surface area contributed by atoms with Crippen molar-refractivity contribution in [2.24, 2.45) is 34.4 Å². The monoisotopic (exact) mass is 1020 g/mol. The number of fused-ring (bicyclic) bond motifs is 2. The molecule has 14 nitrogen and oxygen atoms in total. The van der Waals surface area contributed by atoms with E-state index in [-0.39, 0.29) is 59.7 Å². The molecule has 2 aliphatic rings. The standard InChI is InChI=1S/C48H56Cl2N8O4S.C2HF3O2/c1-47(55,21-7-23-51)45(61)57-39-11-5-3-9-31(39)27-35(41(59)37(53)25-29-13-17-33(49)18-14-29)43(57)63-44-36(42(60)38(54)26-30-15-19-34(50)20-16-30)28-32-10-4-6-12-40(32)58(44)46(62)48(2,56)22-8-24-52;3-2(4,5)1(6)7/h3-6,9-20,37-38H,7-8,21-28,51-56H2,1-2H3;(H,6,7)/t37-,38-,47-,48-;/m0./s1. The number of para-hydroxylation sites is 2. The Morgan fingerprint density at radius 2 is 0.957 bits per heavy atom. The van der Waals surface area contributed by atoms with Gasteiger partial charge in [-0.1, -0.05) is 95.6 Å². The highest BCUT2D eigenvalue weighted by Crippen LogP contribution is 2.48. The van der Waals surface area contributed by atoms with Crippen molar-refractivity contribution in [1.29, 1.82) is 0 Å². The minimum atomic E-state index is -5.08. The van der Waals surface area contributed by atoms with Crippen molar-refractivity contribution in [2.45, 2.75) is 94.6 Å². The number of carboxylic acid groups (broad SMARTS) is 1. The predicted molar refractivity (Wildman–Crippen MR) is 269 cm³/mol. The van der Waals surface area contributed by atoms with Crippen molar-refractivity contribution in [3.05, 3.63) is 151 Å². The number of Topliss-reactive ketones (excluding diaryl/α,β-unsaturated/α-hetero) is 2. The van der Waals surface area contributed by atoms with Crippen molar-refractivity contribution in [1.82, 2.24) is 0 Å². The lowest BCUT2D eigenvalue weighted by molar-refractivity contribution is -0.192. The second-order valence-corrected chi connectivity index (χ2v) is 19.4. The summed E-state index contributed by atoms with van der Waals surface area (Å²) in [5.41, 5.74) is 40.6. The van der Waals surface area contributed by atoms with Crippen LogP contribution in [0.4, 0.5) is 24.5 Å². The Bertz CT molecular complexity index is 2480. The summed E-state index contributed by atoms with van der Waals surface area (Å²) < 4.78 is 31.7. The Labute approximate surface area is 418 Å². The Morgan fingerprint density at radius 3 is 1.27 bits per heavy atom. The van der Waals surface area contributed by atoms with Crippen LogP contribution in [-0.4, -0.2) is 76.9 Å². The lowest BCUT2D eigenvalue weighted by Gasteiger charge is -2.41. The largest absolute Gasteiger partial charge is 0.490 e. The van der Waals surface area contributed by atoms with Crippen molar-refractivity contribution in [3.63, 3.8) is 0 Å². The summed E-state index contributed by atoms with van der Waals surface area (Å²) in [6, 6.07) is 26.5. The number of aliphatic carboxylic acids is 1. The van der Waals surface area contributed by atoms with E-state index in [2.05, 4.69) is 0 Å². The van der Waals surface area contributed by atoms with E-state index >= 15 is 19.2 Å². The molecular formula is C50H57Cl2F3N8O6S. The second-order valence-electron chi connectivity index (χ2n) is 17.6. The number of anilines is 2. The number of carbonyl (C=O) groups excluding carboxylic acids is 4. The summed E-state index contributed by atoms with van der Waals surface area (Å²) in [7, 11) is 0. The number of hydrogen-bond donors (Lipinski definition) is 7. The summed E-state index contributed by atoms with van der Waals surface area (Å²) in [5.74, 6) is -4.66. The van der Waals surface area contributed by atoms with Gasteiger partial charge in [-0.25, -0.2) is 4.79 Å². The molecule has 0 aliphatic carbocycles. The average Bonchev–Trinajstić information content (AvgIpc) is 3.32. The molecule has 4 atom stereocenters. The molecule has 2 aliphatic heterocycles. The average molecular weight is 1030 g/mol. The number of nitrogens with two attached hydrogens (primary N) is 6. The molecular weight excluding hydrogens is 969 g/mol. The number of amides is 2. The van der Waals surface area contributed by atoms with Crippen LogP contribution in [0.1, 0.15) is 61.8 Å². The number of rotatable bonds is 18. The van der Waals surface area contributed by atoms with Gasteiger partial charge in [-0.2, -0.15) is 13.2 Å². The maximum Gasteiger partial charge on any atom is 0.490 e. The number of benzene rings is 4. The smallest absolute Gasteiger partial charge is 0.475 e. The lowest BCUT2D eigenvalue weighted by Crippen LogP contribution is -2.55. The molecule has 13 N–H and O–H groups in total. The third-order valence-electron chi connectivity index (χ3n) is 11.7. The highest BCUT2D eigenvalue weighted by atomic mass is 35.5. The quantitative estimate of drug-likeness (QED) is 0.0565. The fraction of sp³-hybridized carbons (Fsp3) is 0.340. The molecule has 0 spiro atoms. The number of hydrogen-bond acceptors (Lipinski definition) is 12. The second kappa shape index (κ2) is 23.7. The summed E-state index contributed by atoms with van der Waals surface area (Å²) >= 11 is 13.3. The van der Waals surface area contributed by atoms with Crippen molar-refractivity contribution in [2.75, 3.05) is 22.9 Å². The zero-order valence-electron chi connectivity index (χ0n) is 38.6. The van der Waals surface area contributed by atoms with Crippen molar-refractivity contribution >= 4 is 75.7 Å². The van der Waals surface area contributed by atoms with Gasteiger partial charge in [0.05, 0.1) is 44.6 Å². The predicted octanol–water partition coefficient (Wildman–Crippen LogP) is 6.45. The molecule has 0 saturated carbocycles. The molecule has 0 saturated heterocycles. The van der Waals surface area contributed by atoms with Gasteiger partial charge in [0.1, 0.15) is 0 Å². The Morgan fingerprint density at radius 1 is 0.629 bits per heavy atom. The Balaban J connectivity index is 0.00000121. The maximum atomic E-state index is 15.2. The van der Waals surface area contributed by atoms with E-state index in [0.29, 0.717) is 58.5 Å². The molecule has 2 heterocycles. The number of carbonyl (C=O) groups is 5. The van der Waals surface area contributed by atoms with Gasteiger partial charge in [0.15, 0.2) is 11.6 Å². The van der Waals surface area contributed by atoms with Gasteiger partial charge in [-0.05, 0) is 124 Å². The van der Waals surface area contributed by atoms with E-state index in [4.69, 9.17) is 67.5 Å². The van der Waals surface area contributed by atoms with Crippen LogP contribution in [0.25, 0.3) is 0 Å². The number of alkyl halides is 3. The molecule has 0 aromatic heterocycles. The summed E-state index contributed by atoms with van der Waals surface area (Å²) in [5, 5.41) is 8.51. The van der Waals surface area contributed by atoms with Crippen molar-refractivity contribution < 1.29 is 42.3 Å². The number of ketones is 2. The molecule has 0 bridgehead atoms. The van der Waals surface area contributed by atoms with Crippen molar-refractivity contribution in [3.8, 4) is 0 Å². The van der Waals surface area contributed by atoms with E-state index < -0.39 is 58.7 Å². The maximum absolute atomic E-state index is 15.2. The first-order chi connectivity index (χ1) is 32.9. The van der Waals surface area contributed by atoms with Crippen LogP contribution in [0, 0.1) is 0 Å². The molecule has 2 amide bonds. The van der Waals surface area contributed by atoms with E-state index in [1.54, 1.807) is 86.6 Å². The molecule has 374 valence electrons. The van der Waals surface area contributed by atoms with Crippen LogP contribution in [-0.2, 0) is 49.7 Å². The van der Waals surface area contributed by atoms with Crippen LogP contribution >= 0.6 is 35.0 Å². The van der Waals surface area contributed by atoms with Gasteiger partial charge in [0.2, 0.25) is 0 Å². The highest BCUT2D eigenvalue weighted by Gasteiger charge is 2.45. The number of nitrogens with zero attached hydrogens (tertiary/aromatic N) is 2. The summed E-state index contributed by atoms with van der Waals surface area (Å²) in [4.78, 5) is 72.2. The van der Waals surface area contributed by atoms with E-state index in [0.717, 1.165) is 22.9 Å². The normalized spacial score (nSPS) is 16.2. The minimum Gasteiger partial charge on any atom is -0.475 e. The van der Waals surface area contributed by atoms with E-state index in [1.165, 1.54) is 9.80 Å². The fourth-order valence-corrected chi connectivity index (χ4v) is 9.49. The first-order valence-electron chi connectivity index (χ1n) is 22.3. The van der Waals surface area contributed by atoms with Crippen LogP contribution in [0.3, 0.4) is 0 Å². The zero-order chi connectivity index (χ0) is 51.7. The third kappa shape index (κ3) is 13.5. The van der Waals surface area contributed by atoms with E-state index in [9.17, 15) is 13.2 Å². The number of thioether (sulfide) groups is 1. The molecule has 0 radical (unpaired) electrons. The molecule has 4 aromatic rings. The minimum absolute atomic E-state index is 0.0851. The summed E-state index contributed by atoms with van der Waals surface area (Å²) in [6.07, 6.45) is -3.23. The fourth-order valence-electron chi connectivity index (χ4n) is 7.92. The van der Waals surface area contributed by atoms with Gasteiger partial charge >= 0.3 is 12.1 Å². The van der Waals surface area contributed by atoms with Crippen LogP contribution in [0.15, 0.2) is 118 Å².